The SMILES string of the molecule is CCn1cc(NC(=O)NC[C@@H](C)O)cn1. The van der Waals surface area contributed by atoms with E-state index in [1.807, 2.05) is 6.92 Å². The van der Waals surface area contributed by atoms with E-state index in [1.54, 1.807) is 24.0 Å². The molecule has 1 aromatic heterocycles. The van der Waals surface area contributed by atoms with Crippen LogP contribution in [-0.4, -0.2) is 33.6 Å². The second-order valence-electron chi connectivity index (χ2n) is 3.27. The molecule has 1 rings (SSSR count). The second-order valence-corrected chi connectivity index (χ2v) is 3.27. The number of nitrogens with one attached hydrogen (secondary N) is 2. The van der Waals surface area contributed by atoms with Crippen LogP contribution < -0.4 is 10.6 Å². The summed E-state index contributed by atoms with van der Waals surface area (Å²) in [4.78, 5) is 11.2. The van der Waals surface area contributed by atoms with Crippen LogP contribution in [0.25, 0.3) is 0 Å². The molecule has 1 aromatic rings. The maximum atomic E-state index is 11.2. The quantitative estimate of drug-likeness (QED) is 0.676. The minimum absolute atomic E-state index is 0.230. The van der Waals surface area contributed by atoms with Crippen LogP contribution in [0.15, 0.2) is 12.4 Å². The Kier molecular flexibility index (Phi) is 4.11. The highest BCUT2D eigenvalue weighted by atomic mass is 16.3. The molecular weight excluding hydrogens is 196 g/mol. The number of amides is 2. The Balaban J connectivity index is 2.37. The number of urea groups is 1. The highest BCUT2D eigenvalue weighted by Gasteiger charge is 2.04. The van der Waals surface area contributed by atoms with Crippen LogP contribution in [0.2, 0.25) is 0 Å². The number of aromatic nitrogens is 2. The molecule has 0 fully saturated rings. The monoisotopic (exact) mass is 212 g/mol. The summed E-state index contributed by atoms with van der Waals surface area (Å²) in [6.45, 7) is 4.56. The number of nitrogens with zero attached hydrogens (tertiary/aromatic N) is 2. The van der Waals surface area contributed by atoms with Crippen LogP contribution in [-0.2, 0) is 6.54 Å². The number of rotatable bonds is 4. The first-order valence-electron chi connectivity index (χ1n) is 4.87. The fourth-order valence-electron chi connectivity index (χ4n) is 1.02. The van der Waals surface area contributed by atoms with Crippen LogP contribution in [0.1, 0.15) is 13.8 Å². The smallest absolute Gasteiger partial charge is 0.319 e. The summed E-state index contributed by atoms with van der Waals surface area (Å²) in [7, 11) is 0. The number of hydrogen-bond acceptors (Lipinski definition) is 3. The lowest BCUT2D eigenvalue weighted by Gasteiger charge is -2.07. The van der Waals surface area contributed by atoms with Crippen LogP contribution in [0.4, 0.5) is 10.5 Å². The van der Waals surface area contributed by atoms with Crippen LogP contribution >= 0.6 is 0 Å². The summed E-state index contributed by atoms with van der Waals surface area (Å²) in [5.41, 5.74) is 0.639. The van der Waals surface area contributed by atoms with Crippen molar-refractivity contribution in [3.05, 3.63) is 12.4 Å². The third kappa shape index (κ3) is 3.99. The van der Waals surface area contributed by atoms with Gasteiger partial charge in [-0.15, -0.1) is 0 Å². The zero-order chi connectivity index (χ0) is 11.3. The molecule has 0 aliphatic heterocycles. The van der Waals surface area contributed by atoms with Gasteiger partial charge in [0.15, 0.2) is 0 Å². The number of aliphatic hydroxyl groups is 1. The summed E-state index contributed by atoms with van der Waals surface area (Å²) in [6.07, 6.45) is 2.77. The molecule has 0 bridgehead atoms. The van der Waals surface area contributed by atoms with Crippen molar-refractivity contribution in [3.63, 3.8) is 0 Å². The molecule has 84 valence electrons. The van der Waals surface area contributed by atoms with Crippen LogP contribution in [0.3, 0.4) is 0 Å². The van der Waals surface area contributed by atoms with E-state index < -0.39 is 6.10 Å². The molecule has 15 heavy (non-hydrogen) atoms. The maximum Gasteiger partial charge on any atom is 0.319 e. The molecule has 2 amide bonds. The number of carbonyl (C=O) groups excluding carboxylic acids is 1. The van der Waals surface area contributed by atoms with Crippen molar-refractivity contribution < 1.29 is 9.90 Å². The van der Waals surface area contributed by atoms with E-state index in [1.165, 1.54) is 0 Å². The van der Waals surface area contributed by atoms with Gasteiger partial charge >= 0.3 is 6.03 Å². The molecule has 0 spiro atoms. The first-order valence-corrected chi connectivity index (χ1v) is 4.87. The molecule has 1 heterocycles. The lowest BCUT2D eigenvalue weighted by atomic mass is 10.4. The van der Waals surface area contributed by atoms with Gasteiger partial charge in [0.1, 0.15) is 0 Å². The predicted molar refractivity (Wildman–Crippen MR) is 56.6 cm³/mol. The standard InChI is InChI=1S/C9H16N4O2/c1-3-13-6-8(5-11-13)12-9(15)10-4-7(2)14/h5-7,14H,3-4H2,1-2H3,(H2,10,12,15)/t7-/m1/s1. The van der Waals surface area contributed by atoms with Gasteiger partial charge in [-0.1, -0.05) is 0 Å². The van der Waals surface area contributed by atoms with Crippen molar-refractivity contribution in [1.82, 2.24) is 15.1 Å². The molecule has 0 unspecified atom stereocenters. The third-order valence-corrected chi connectivity index (χ3v) is 1.77. The van der Waals surface area contributed by atoms with E-state index in [0.717, 1.165) is 6.54 Å². The molecule has 6 nitrogen and oxygen atoms in total. The van der Waals surface area contributed by atoms with Gasteiger partial charge in [-0.2, -0.15) is 5.10 Å². The Hall–Kier alpha value is -1.56. The molecule has 0 radical (unpaired) electrons. The minimum Gasteiger partial charge on any atom is -0.392 e. The molecule has 3 N–H and O–H groups in total. The Morgan fingerprint density at radius 1 is 1.73 bits per heavy atom. The van der Waals surface area contributed by atoms with Crippen LogP contribution in [0.5, 0.6) is 0 Å². The molecule has 0 aliphatic carbocycles. The van der Waals surface area contributed by atoms with Gasteiger partial charge in [0.05, 0.1) is 18.0 Å². The topological polar surface area (TPSA) is 79.2 Å². The minimum atomic E-state index is -0.547. The van der Waals surface area contributed by atoms with E-state index in [4.69, 9.17) is 5.11 Å². The molecule has 0 aliphatic rings. The molecule has 0 saturated heterocycles. The van der Waals surface area contributed by atoms with Gasteiger partial charge in [-0.25, -0.2) is 4.79 Å². The fourth-order valence-corrected chi connectivity index (χ4v) is 1.02. The molecule has 0 aromatic carbocycles. The molecule has 0 saturated carbocycles. The van der Waals surface area contributed by atoms with Gasteiger partial charge < -0.3 is 15.7 Å². The number of aryl methyl sites for hydroxylation is 1. The lowest BCUT2D eigenvalue weighted by molar-refractivity contribution is 0.190. The number of hydrogen-bond donors (Lipinski definition) is 3. The number of anilines is 1. The Labute approximate surface area is 88.3 Å². The first kappa shape index (κ1) is 11.5. The lowest BCUT2D eigenvalue weighted by Crippen LogP contribution is -2.34. The highest BCUT2D eigenvalue weighted by molar-refractivity contribution is 5.88. The normalized spacial score (nSPS) is 12.2. The average molecular weight is 212 g/mol. The van der Waals surface area contributed by atoms with Gasteiger partial charge in [-0.05, 0) is 13.8 Å². The van der Waals surface area contributed by atoms with E-state index in [-0.39, 0.29) is 12.6 Å². The van der Waals surface area contributed by atoms with E-state index in [2.05, 4.69) is 15.7 Å². The summed E-state index contributed by atoms with van der Waals surface area (Å²) >= 11 is 0. The Bertz CT molecular complexity index is 322. The zero-order valence-corrected chi connectivity index (χ0v) is 8.90. The molecular formula is C9H16N4O2. The Morgan fingerprint density at radius 3 is 3.00 bits per heavy atom. The first-order chi connectivity index (χ1) is 7.11. The second kappa shape index (κ2) is 5.35. The van der Waals surface area contributed by atoms with Crippen LogP contribution in [0, 0.1) is 0 Å². The van der Waals surface area contributed by atoms with Gasteiger partial charge in [-0.3, -0.25) is 4.68 Å². The third-order valence-electron chi connectivity index (χ3n) is 1.77. The van der Waals surface area contributed by atoms with Gasteiger partial charge in [0, 0.05) is 19.3 Å². The molecule has 6 heteroatoms. The maximum absolute atomic E-state index is 11.2. The number of carbonyl (C=O) groups is 1. The summed E-state index contributed by atoms with van der Waals surface area (Å²) in [5, 5.41) is 18.1. The molecule has 1 atom stereocenters. The van der Waals surface area contributed by atoms with E-state index in [9.17, 15) is 4.79 Å². The predicted octanol–water partition coefficient (Wildman–Crippen LogP) is 0.405. The van der Waals surface area contributed by atoms with Crippen molar-refractivity contribution in [1.29, 1.82) is 0 Å². The van der Waals surface area contributed by atoms with Crippen molar-refractivity contribution in [2.75, 3.05) is 11.9 Å². The van der Waals surface area contributed by atoms with Gasteiger partial charge in [0.25, 0.3) is 0 Å². The van der Waals surface area contributed by atoms with Crippen molar-refractivity contribution in [2.24, 2.45) is 0 Å². The van der Waals surface area contributed by atoms with E-state index in [0.29, 0.717) is 5.69 Å². The fraction of sp³-hybridized carbons (Fsp3) is 0.556. The Morgan fingerprint density at radius 2 is 2.47 bits per heavy atom. The zero-order valence-electron chi connectivity index (χ0n) is 8.90. The summed E-state index contributed by atoms with van der Waals surface area (Å²) < 4.78 is 1.71. The summed E-state index contributed by atoms with van der Waals surface area (Å²) in [5.74, 6) is 0. The van der Waals surface area contributed by atoms with Crippen molar-refractivity contribution >= 4 is 11.7 Å². The largest absolute Gasteiger partial charge is 0.392 e. The van der Waals surface area contributed by atoms with Crippen molar-refractivity contribution in [3.8, 4) is 0 Å². The van der Waals surface area contributed by atoms with E-state index >= 15 is 0 Å². The average Bonchev–Trinajstić information content (AvgIpc) is 2.62. The van der Waals surface area contributed by atoms with Gasteiger partial charge in [0.2, 0.25) is 0 Å². The van der Waals surface area contributed by atoms with Crippen molar-refractivity contribution in [2.45, 2.75) is 26.5 Å². The highest BCUT2D eigenvalue weighted by Crippen LogP contribution is 2.03. The summed E-state index contributed by atoms with van der Waals surface area (Å²) in [6, 6.07) is -0.341. The number of aliphatic hydroxyl groups excluding tert-OH is 1.